The van der Waals surface area contributed by atoms with E-state index < -0.39 is 29.4 Å². The maximum absolute atomic E-state index is 12.7. The molecule has 0 amide bonds. The van der Waals surface area contributed by atoms with E-state index in [1.807, 2.05) is 0 Å². The maximum Gasteiger partial charge on any atom is 0.341 e. The molecule has 0 spiro atoms. The number of carbonyl (C=O) groups excluding carboxylic acids is 1. The molecule has 0 saturated heterocycles. The Balaban J connectivity index is 2.06. The summed E-state index contributed by atoms with van der Waals surface area (Å²) >= 11 is 0. The smallest absolute Gasteiger partial charge is 0.341 e. The lowest BCUT2D eigenvalue weighted by molar-refractivity contribution is 0.0694. The highest BCUT2D eigenvalue weighted by atomic mass is 19.3. The van der Waals surface area contributed by atoms with Crippen molar-refractivity contribution in [2.45, 2.75) is 12.8 Å². The summed E-state index contributed by atoms with van der Waals surface area (Å²) in [7, 11) is 0. The predicted molar refractivity (Wildman–Crippen MR) is 90.9 cm³/mol. The van der Waals surface area contributed by atoms with Crippen LogP contribution >= 0.6 is 0 Å². The number of aromatic nitrogens is 1. The van der Waals surface area contributed by atoms with Crippen molar-refractivity contribution in [2.75, 3.05) is 0 Å². The summed E-state index contributed by atoms with van der Waals surface area (Å²) in [6.07, 6.45) is -2.84. The topological polar surface area (TPSA) is 76.4 Å². The van der Waals surface area contributed by atoms with Gasteiger partial charge in [-0.25, -0.2) is 18.1 Å². The van der Waals surface area contributed by atoms with Crippen LogP contribution in [-0.4, -0.2) is 21.6 Å². The van der Waals surface area contributed by atoms with Crippen LogP contribution in [0.15, 0.2) is 59.4 Å². The Hall–Kier alpha value is -3.35. The van der Waals surface area contributed by atoms with Crippen LogP contribution in [-0.2, 0) is 6.42 Å². The van der Waals surface area contributed by atoms with E-state index in [2.05, 4.69) is 0 Å². The molecule has 3 rings (SSSR count). The van der Waals surface area contributed by atoms with E-state index in [-0.39, 0.29) is 17.5 Å². The van der Waals surface area contributed by atoms with Crippen LogP contribution in [0.2, 0.25) is 0 Å². The molecule has 0 fully saturated rings. The molecule has 132 valence electrons. The molecule has 0 saturated carbocycles. The highest BCUT2D eigenvalue weighted by Crippen LogP contribution is 2.19. The van der Waals surface area contributed by atoms with Crippen molar-refractivity contribution in [1.29, 1.82) is 0 Å². The summed E-state index contributed by atoms with van der Waals surface area (Å²) in [6, 6.07) is 12.8. The summed E-state index contributed by atoms with van der Waals surface area (Å²) in [4.78, 5) is 36.4. The third-order valence-corrected chi connectivity index (χ3v) is 3.98. The fourth-order valence-electron chi connectivity index (χ4n) is 2.70. The van der Waals surface area contributed by atoms with Crippen LogP contribution in [0.5, 0.6) is 0 Å². The number of benzene rings is 2. The number of nitrogens with zero attached hydrogens (tertiary/aromatic N) is 1. The van der Waals surface area contributed by atoms with Crippen molar-refractivity contribution >= 4 is 22.8 Å². The Bertz CT molecular complexity index is 1060. The van der Waals surface area contributed by atoms with Crippen molar-refractivity contribution in [1.82, 2.24) is 4.57 Å². The Morgan fingerprint density at radius 1 is 1.04 bits per heavy atom. The van der Waals surface area contributed by atoms with Gasteiger partial charge in [-0.2, -0.15) is 0 Å². The highest BCUT2D eigenvalue weighted by molar-refractivity contribution is 5.97. The molecule has 0 radical (unpaired) electrons. The van der Waals surface area contributed by atoms with E-state index in [0.717, 1.165) is 4.57 Å². The molecule has 1 N–H and O–H groups in total. The van der Waals surface area contributed by atoms with Crippen LogP contribution < -0.4 is 5.56 Å². The van der Waals surface area contributed by atoms with Crippen LogP contribution in [0.3, 0.4) is 0 Å². The van der Waals surface area contributed by atoms with Gasteiger partial charge in [-0.3, -0.25) is 9.59 Å². The molecule has 26 heavy (non-hydrogen) atoms. The molecule has 3 aromatic rings. The molecule has 0 aliphatic heterocycles. The van der Waals surface area contributed by atoms with Gasteiger partial charge in [-0.1, -0.05) is 42.5 Å². The van der Waals surface area contributed by atoms with Crippen molar-refractivity contribution in [3.8, 4) is 0 Å². The third-order valence-electron chi connectivity index (χ3n) is 3.98. The van der Waals surface area contributed by atoms with Gasteiger partial charge in [0.25, 0.3) is 12.0 Å². The Morgan fingerprint density at radius 2 is 1.69 bits per heavy atom. The lowest BCUT2D eigenvalue weighted by atomic mass is 10.1. The first-order valence-corrected chi connectivity index (χ1v) is 7.67. The number of para-hydroxylation sites is 1. The second-order valence-electron chi connectivity index (χ2n) is 5.68. The first-order valence-electron chi connectivity index (χ1n) is 7.67. The molecule has 7 heteroatoms. The van der Waals surface area contributed by atoms with E-state index in [9.17, 15) is 28.3 Å². The third kappa shape index (κ3) is 3.23. The van der Waals surface area contributed by atoms with E-state index >= 15 is 0 Å². The number of rotatable bonds is 4. The Labute approximate surface area is 146 Å². The minimum Gasteiger partial charge on any atom is -0.477 e. The molecule has 0 bridgehead atoms. The number of alkyl halides is 2. The first-order chi connectivity index (χ1) is 12.4. The molecule has 2 aromatic carbocycles. The number of hydrogen-bond acceptors (Lipinski definition) is 3. The van der Waals surface area contributed by atoms with Crippen molar-refractivity contribution < 1.29 is 23.5 Å². The molecular formula is C19H13F2NO4. The number of hydrogen-bond donors (Lipinski definition) is 1. The molecule has 5 nitrogen and oxygen atoms in total. The zero-order valence-electron chi connectivity index (χ0n) is 13.4. The average Bonchev–Trinajstić information content (AvgIpc) is 2.61. The fourth-order valence-corrected chi connectivity index (χ4v) is 2.70. The zero-order valence-corrected chi connectivity index (χ0v) is 13.4. The predicted octanol–water partition coefficient (Wildman–Crippen LogP) is 3.52. The fraction of sp³-hybridized carbons (Fsp3) is 0.105. The SMILES string of the molecule is O=C(O)c1cc2ccccc2n(C(=O)Cc2ccc(C(F)F)cc2)c1=O. The number of pyridine rings is 1. The van der Waals surface area contributed by atoms with Crippen molar-refractivity contribution in [3.05, 3.63) is 81.6 Å². The Morgan fingerprint density at radius 3 is 2.31 bits per heavy atom. The molecule has 0 unspecified atom stereocenters. The van der Waals surface area contributed by atoms with Gasteiger partial charge in [0.05, 0.1) is 11.9 Å². The number of carboxylic acids is 1. The van der Waals surface area contributed by atoms with Crippen LogP contribution in [0.25, 0.3) is 10.9 Å². The summed E-state index contributed by atoms with van der Waals surface area (Å²) in [6.45, 7) is 0. The summed E-state index contributed by atoms with van der Waals surface area (Å²) in [5.41, 5.74) is -0.875. The quantitative estimate of drug-likeness (QED) is 0.775. The van der Waals surface area contributed by atoms with E-state index in [1.54, 1.807) is 24.3 Å². The monoisotopic (exact) mass is 357 g/mol. The number of carbonyl (C=O) groups is 2. The van der Waals surface area contributed by atoms with E-state index in [4.69, 9.17) is 0 Å². The number of halogens is 2. The van der Waals surface area contributed by atoms with Gasteiger partial charge in [0.15, 0.2) is 0 Å². The van der Waals surface area contributed by atoms with Gasteiger partial charge in [-0.05, 0) is 23.1 Å². The normalized spacial score (nSPS) is 11.0. The minimum absolute atomic E-state index is 0.170. The Kier molecular flexibility index (Phi) is 4.62. The second kappa shape index (κ2) is 6.87. The molecule has 0 atom stereocenters. The molecule has 1 aromatic heterocycles. The summed E-state index contributed by atoms with van der Waals surface area (Å²) in [5, 5.41) is 9.64. The number of aromatic carboxylic acids is 1. The lowest BCUT2D eigenvalue weighted by Gasteiger charge is -2.11. The van der Waals surface area contributed by atoms with Gasteiger partial charge in [-0.15, -0.1) is 0 Å². The van der Waals surface area contributed by atoms with Crippen molar-refractivity contribution in [3.63, 3.8) is 0 Å². The second-order valence-corrected chi connectivity index (χ2v) is 5.68. The minimum atomic E-state index is -2.61. The van der Waals surface area contributed by atoms with E-state index in [1.165, 1.54) is 30.3 Å². The standard InChI is InChI=1S/C19H13F2NO4/c20-17(21)12-7-5-11(6-8-12)9-16(23)22-15-4-2-1-3-13(15)10-14(18(22)24)19(25)26/h1-8,10,17H,9H2,(H,25,26). The van der Waals surface area contributed by atoms with Gasteiger partial charge in [0, 0.05) is 5.56 Å². The highest BCUT2D eigenvalue weighted by Gasteiger charge is 2.19. The zero-order chi connectivity index (χ0) is 18.8. The average molecular weight is 357 g/mol. The summed E-state index contributed by atoms with van der Waals surface area (Å²) in [5.74, 6) is -2.07. The summed E-state index contributed by atoms with van der Waals surface area (Å²) < 4.78 is 26.0. The van der Waals surface area contributed by atoms with Crippen LogP contribution in [0.1, 0.15) is 32.7 Å². The lowest BCUT2D eigenvalue weighted by Crippen LogP contribution is -2.32. The molecule has 0 aliphatic rings. The molecule has 0 aliphatic carbocycles. The number of fused-ring (bicyclic) bond motifs is 1. The largest absolute Gasteiger partial charge is 0.477 e. The molecular weight excluding hydrogens is 344 g/mol. The van der Waals surface area contributed by atoms with Crippen LogP contribution in [0, 0.1) is 0 Å². The first kappa shape index (κ1) is 17.5. The van der Waals surface area contributed by atoms with E-state index in [0.29, 0.717) is 10.9 Å². The van der Waals surface area contributed by atoms with Gasteiger partial charge < -0.3 is 5.11 Å². The van der Waals surface area contributed by atoms with Gasteiger partial charge in [0.1, 0.15) is 5.56 Å². The number of carboxylic acid groups (broad SMARTS) is 1. The van der Waals surface area contributed by atoms with Gasteiger partial charge >= 0.3 is 5.97 Å². The molecule has 1 heterocycles. The van der Waals surface area contributed by atoms with Gasteiger partial charge in [0.2, 0.25) is 5.91 Å². The van der Waals surface area contributed by atoms with Crippen molar-refractivity contribution in [2.24, 2.45) is 0 Å². The van der Waals surface area contributed by atoms with Crippen LogP contribution in [0.4, 0.5) is 8.78 Å². The maximum atomic E-state index is 12.7.